The predicted octanol–water partition coefficient (Wildman–Crippen LogP) is 4.66. The zero-order valence-electron chi connectivity index (χ0n) is 15.0. The average Bonchev–Trinajstić information content (AvgIpc) is 2.93. The minimum absolute atomic E-state index is 0.267. The molecule has 0 aromatic rings. The lowest BCUT2D eigenvalue weighted by Gasteiger charge is -2.40. The van der Waals surface area contributed by atoms with E-state index in [0.29, 0.717) is 0 Å². The fraction of sp³-hybridized carbons (Fsp3) is 0.842. The molecule has 0 aromatic carbocycles. The minimum Gasteiger partial charge on any atom is -0.345 e. The summed E-state index contributed by atoms with van der Waals surface area (Å²) in [7, 11) is 0. The van der Waals surface area contributed by atoms with Gasteiger partial charge in [0.15, 0.2) is 12.4 Å². The maximum absolute atomic E-state index is 10.1. The van der Waals surface area contributed by atoms with Crippen LogP contribution in [0.1, 0.15) is 78.6 Å². The van der Waals surface area contributed by atoms with E-state index in [4.69, 9.17) is 0 Å². The summed E-state index contributed by atoms with van der Waals surface area (Å²) in [5.74, 6) is 0. The van der Waals surface area contributed by atoms with Gasteiger partial charge in [0.2, 0.25) is 0 Å². The van der Waals surface area contributed by atoms with Gasteiger partial charge in [0.05, 0.1) is 12.8 Å². The Morgan fingerprint density at radius 1 is 1.14 bits per heavy atom. The van der Waals surface area contributed by atoms with Crippen molar-refractivity contribution >= 4 is 6.21 Å². The van der Waals surface area contributed by atoms with Gasteiger partial charge < -0.3 is 5.11 Å². The van der Waals surface area contributed by atoms with E-state index in [9.17, 15) is 5.11 Å². The van der Waals surface area contributed by atoms with Crippen LogP contribution in [0, 0.1) is 0 Å². The molecule has 3 atom stereocenters. The van der Waals surface area contributed by atoms with Gasteiger partial charge in [-0.15, -0.1) is 0 Å². The number of aliphatic imine (C=N–C) groups is 1. The van der Waals surface area contributed by atoms with Crippen LogP contribution in [-0.4, -0.2) is 41.3 Å². The highest BCUT2D eigenvalue weighted by atomic mass is 16.3. The topological polar surface area (TPSA) is 32.6 Å². The molecule has 3 nitrogen and oxygen atoms in total. The Morgan fingerprint density at radius 2 is 1.82 bits per heavy atom. The minimum atomic E-state index is -0.319. The Morgan fingerprint density at radius 3 is 2.41 bits per heavy atom. The van der Waals surface area contributed by atoms with Crippen molar-refractivity contribution in [3.63, 3.8) is 0 Å². The molecule has 128 valence electrons. The highest BCUT2D eigenvalue weighted by molar-refractivity contribution is 5.60. The number of aliphatic hydroxyl groups is 1. The molecule has 0 aromatic heterocycles. The molecule has 3 unspecified atom stereocenters. The molecule has 0 fully saturated rings. The van der Waals surface area contributed by atoms with Crippen LogP contribution in [0.5, 0.6) is 0 Å². The molecule has 0 radical (unpaired) electrons. The molecule has 0 saturated heterocycles. The second-order valence-electron chi connectivity index (χ2n) is 6.65. The molecular weight excluding hydrogens is 272 g/mol. The van der Waals surface area contributed by atoms with E-state index in [1.165, 1.54) is 51.4 Å². The van der Waals surface area contributed by atoms with Crippen LogP contribution in [0.25, 0.3) is 0 Å². The first kappa shape index (κ1) is 19.4. The number of hydrogen-bond donors (Lipinski definition) is 1. The van der Waals surface area contributed by atoms with Crippen LogP contribution in [0.3, 0.4) is 0 Å². The standard InChI is InChI=1S/C19H37N2O/c1-4-6-7-8-9-10-11-12-13-14-15-19-20-16-17-21(19,5-2)18(3)22/h10-11,16,18-19,22H,4-9,12-15,17H2,1-3H3/q+1/b11-10+. The van der Waals surface area contributed by atoms with Crippen molar-refractivity contribution in [2.75, 3.05) is 13.1 Å². The summed E-state index contributed by atoms with van der Waals surface area (Å²) in [5.41, 5.74) is 0. The van der Waals surface area contributed by atoms with E-state index in [-0.39, 0.29) is 12.4 Å². The molecule has 0 spiro atoms. The third-order valence-electron chi connectivity index (χ3n) is 5.10. The molecule has 1 aliphatic heterocycles. The summed E-state index contributed by atoms with van der Waals surface area (Å²) in [4.78, 5) is 4.63. The van der Waals surface area contributed by atoms with Crippen LogP contribution >= 0.6 is 0 Å². The van der Waals surface area contributed by atoms with Gasteiger partial charge in [-0.2, -0.15) is 0 Å². The number of aliphatic hydroxyl groups excluding tert-OH is 1. The lowest BCUT2D eigenvalue weighted by Crippen LogP contribution is -2.57. The molecule has 1 aliphatic rings. The van der Waals surface area contributed by atoms with Crippen molar-refractivity contribution in [3.05, 3.63) is 12.2 Å². The lowest BCUT2D eigenvalue weighted by atomic mass is 10.1. The Kier molecular flexibility index (Phi) is 9.65. The number of unbranched alkanes of at least 4 members (excludes halogenated alkanes) is 6. The number of nitrogens with zero attached hydrogens (tertiary/aromatic N) is 2. The largest absolute Gasteiger partial charge is 0.345 e. The van der Waals surface area contributed by atoms with Crippen LogP contribution in [-0.2, 0) is 0 Å². The Bertz CT molecular complexity index is 338. The molecule has 1 N–H and O–H groups in total. The van der Waals surface area contributed by atoms with Gasteiger partial charge in [-0.25, -0.2) is 4.99 Å². The lowest BCUT2D eigenvalue weighted by molar-refractivity contribution is -0.976. The molecule has 0 aliphatic carbocycles. The fourth-order valence-corrected chi connectivity index (χ4v) is 3.43. The monoisotopic (exact) mass is 309 g/mol. The van der Waals surface area contributed by atoms with Gasteiger partial charge in [0.25, 0.3) is 0 Å². The highest BCUT2D eigenvalue weighted by Crippen LogP contribution is 2.26. The van der Waals surface area contributed by atoms with Gasteiger partial charge >= 0.3 is 0 Å². The van der Waals surface area contributed by atoms with Crippen molar-refractivity contribution < 1.29 is 9.59 Å². The third kappa shape index (κ3) is 5.85. The van der Waals surface area contributed by atoms with E-state index in [1.807, 2.05) is 13.1 Å². The summed E-state index contributed by atoms with van der Waals surface area (Å²) < 4.78 is 0.729. The van der Waals surface area contributed by atoms with Gasteiger partial charge in [-0.05, 0) is 39.0 Å². The fourth-order valence-electron chi connectivity index (χ4n) is 3.43. The quantitative estimate of drug-likeness (QED) is 0.317. The number of allylic oxidation sites excluding steroid dienone is 2. The van der Waals surface area contributed by atoms with Crippen molar-refractivity contribution in [1.82, 2.24) is 0 Å². The van der Waals surface area contributed by atoms with Crippen molar-refractivity contribution in [2.24, 2.45) is 4.99 Å². The maximum Gasteiger partial charge on any atom is 0.189 e. The summed E-state index contributed by atoms with van der Waals surface area (Å²) in [6.07, 6.45) is 18.0. The van der Waals surface area contributed by atoms with E-state index in [0.717, 1.165) is 24.0 Å². The summed E-state index contributed by atoms with van der Waals surface area (Å²) in [6, 6.07) is 0. The van der Waals surface area contributed by atoms with Crippen molar-refractivity contribution in [1.29, 1.82) is 0 Å². The molecule has 0 amide bonds. The number of hydrogen-bond acceptors (Lipinski definition) is 2. The van der Waals surface area contributed by atoms with Gasteiger partial charge in [0, 0.05) is 13.3 Å². The zero-order chi connectivity index (χ0) is 16.3. The first-order chi connectivity index (χ1) is 10.7. The molecule has 0 bridgehead atoms. The zero-order valence-corrected chi connectivity index (χ0v) is 15.0. The third-order valence-corrected chi connectivity index (χ3v) is 5.10. The summed E-state index contributed by atoms with van der Waals surface area (Å²) >= 11 is 0. The van der Waals surface area contributed by atoms with Gasteiger partial charge in [-0.1, -0.05) is 38.3 Å². The summed E-state index contributed by atoms with van der Waals surface area (Å²) in [5, 5.41) is 10.1. The van der Waals surface area contributed by atoms with Crippen LogP contribution in [0.4, 0.5) is 0 Å². The van der Waals surface area contributed by atoms with Crippen molar-refractivity contribution in [2.45, 2.75) is 91.0 Å². The number of rotatable bonds is 12. The Labute approximate surface area is 137 Å². The van der Waals surface area contributed by atoms with Crippen molar-refractivity contribution in [3.8, 4) is 0 Å². The Balaban J connectivity index is 2.14. The first-order valence-corrected chi connectivity index (χ1v) is 9.38. The van der Waals surface area contributed by atoms with Crippen LogP contribution < -0.4 is 0 Å². The molecule has 1 heterocycles. The van der Waals surface area contributed by atoms with Crippen LogP contribution in [0.2, 0.25) is 0 Å². The van der Waals surface area contributed by atoms with Gasteiger partial charge in [0.1, 0.15) is 6.54 Å². The first-order valence-electron chi connectivity index (χ1n) is 9.38. The van der Waals surface area contributed by atoms with E-state index < -0.39 is 0 Å². The molecule has 22 heavy (non-hydrogen) atoms. The second kappa shape index (κ2) is 11.0. The molecule has 0 saturated carbocycles. The maximum atomic E-state index is 10.1. The molecular formula is C19H37N2O+. The molecule has 3 heteroatoms. The van der Waals surface area contributed by atoms with E-state index in [2.05, 4.69) is 31.0 Å². The molecule has 1 rings (SSSR count). The SMILES string of the molecule is CCCCCC/C=C/CCCCC1N=CC[N+]1(CC)C(C)O. The predicted molar refractivity (Wildman–Crippen MR) is 96.0 cm³/mol. The van der Waals surface area contributed by atoms with Gasteiger partial charge in [-0.3, -0.25) is 4.48 Å². The van der Waals surface area contributed by atoms with E-state index >= 15 is 0 Å². The number of quaternary nitrogens is 1. The second-order valence-corrected chi connectivity index (χ2v) is 6.65. The highest BCUT2D eigenvalue weighted by Gasteiger charge is 2.41. The van der Waals surface area contributed by atoms with E-state index in [1.54, 1.807) is 0 Å². The Hall–Kier alpha value is -0.670. The normalized spacial score (nSPS) is 26.1. The smallest absolute Gasteiger partial charge is 0.189 e. The average molecular weight is 310 g/mol. The van der Waals surface area contributed by atoms with Crippen LogP contribution in [0.15, 0.2) is 17.1 Å². The summed E-state index contributed by atoms with van der Waals surface area (Å²) in [6.45, 7) is 8.17.